The lowest BCUT2D eigenvalue weighted by Gasteiger charge is -2.19. The maximum Gasteiger partial charge on any atom is 0.330 e. The molecule has 4 N–H and O–H groups in total. The van der Waals surface area contributed by atoms with Crippen LogP contribution in [0.5, 0.6) is 0 Å². The Kier molecular flexibility index (Phi) is 7.78. The van der Waals surface area contributed by atoms with Gasteiger partial charge in [0.25, 0.3) is 0 Å². The molecular weight excluding hydrogens is 336 g/mol. The minimum Gasteiger partial charge on any atom is -0.467 e. The Hall–Kier alpha value is -2.20. The van der Waals surface area contributed by atoms with Crippen LogP contribution in [-0.2, 0) is 28.7 Å². The van der Waals surface area contributed by atoms with Gasteiger partial charge in [0, 0.05) is 12.8 Å². The molecule has 0 spiro atoms. The number of amides is 2. The summed E-state index contributed by atoms with van der Waals surface area (Å²) in [6.45, 7) is -1.19. The van der Waals surface area contributed by atoms with Gasteiger partial charge in [-0.05, 0) is 18.3 Å². The fourth-order valence-corrected chi connectivity index (χ4v) is 2.41. The maximum absolute atomic E-state index is 12.0. The second-order valence-corrected chi connectivity index (χ2v) is 6.01. The molecule has 2 atom stereocenters. The Morgan fingerprint density at radius 3 is 1.48 bits per heavy atom. The zero-order chi connectivity index (χ0) is 19.0. The Morgan fingerprint density at radius 2 is 1.24 bits per heavy atom. The van der Waals surface area contributed by atoms with Gasteiger partial charge in [0.2, 0.25) is 11.8 Å². The zero-order valence-electron chi connectivity index (χ0n) is 14.2. The van der Waals surface area contributed by atoms with Gasteiger partial charge in [0.15, 0.2) is 12.1 Å². The summed E-state index contributed by atoms with van der Waals surface area (Å²) in [7, 11) is 2.28. The average molecular weight is 360 g/mol. The first-order chi connectivity index (χ1) is 11.8. The monoisotopic (exact) mass is 360 g/mol. The molecule has 0 saturated heterocycles. The Labute approximate surface area is 144 Å². The number of esters is 2. The van der Waals surface area contributed by atoms with Gasteiger partial charge in [-0.3, -0.25) is 9.59 Å². The molecule has 1 aliphatic carbocycles. The molecule has 0 radical (unpaired) electrons. The first-order valence-electron chi connectivity index (χ1n) is 7.77. The summed E-state index contributed by atoms with van der Waals surface area (Å²) >= 11 is 0. The third kappa shape index (κ3) is 6.31. The molecule has 0 aliphatic heterocycles. The van der Waals surface area contributed by atoms with E-state index >= 15 is 0 Å². The number of nitrogens with one attached hydrogen (secondary N) is 2. The van der Waals surface area contributed by atoms with Crippen molar-refractivity contribution in [3.63, 3.8) is 0 Å². The van der Waals surface area contributed by atoms with Crippen LogP contribution in [0.4, 0.5) is 0 Å². The van der Waals surface area contributed by atoms with Gasteiger partial charge in [-0.15, -0.1) is 0 Å². The van der Waals surface area contributed by atoms with E-state index in [9.17, 15) is 19.2 Å². The van der Waals surface area contributed by atoms with E-state index in [2.05, 4.69) is 20.1 Å². The van der Waals surface area contributed by atoms with Crippen LogP contribution >= 0.6 is 0 Å². The third-order valence-corrected chi connectivity index (χ3v) is 4.04. The molecule has 10 nitrogen and oxygen atoms in total. The molecule has 1 rings (SSSR count). The predicted molar refractivity (Wildman–Crippen MR) is 83.0 cm³/mol. The summed E-state index contributed by atoms with van der Waals surface area (Å²) in [5.74, 6) is -2.49. The van der Waals surface area contributed by atoms with Crippen molar-refractivity contribution < 1.29 is 38.9 Å². The van der Waals surface area contributed by atoms with Gasteiger partial charge in [0.05, 0.1) is 27.4 Å². The molecule has 0 aromatic heterocycles. The second kappa shape index (κ2) is 9.33. The van der Waals surface area contributed by atoms with Gasteiger partial charge in [-0.2, -0.15) is 0 Å². The molecule has 2 amide bonds. The number of carbonyl (C=O) groups is 4. The van der Waals surface area contributed by atoms with E-state index in [-0.39, 0.29) is 12.8 Å². The molecule has 1 saturated carbocycles. The molecule has 0 aromatic carbocycles. The molecule has 0 bridgehead atoms. The summed E-state index contributed by atoms with van der Waals surface area (Å²) in [6, 6.07) is -2.31. The number of hydrogen-bond donors (Lipinski definition) is 4. The second-order valence-electron chi connectivity index (χ2n) is 6.01. The Bertz CT molecular complexity index is 476. The third-order valence-electron chi connectivity index (χ3n) is 4.04. The number of ether oxygens (including phenoxy) is 2. The van der Waals surface area contributed by atoms with Crippen LogP contribution in [0.3, 0.4) is 0 Å². The lowest BCUT2D eigenvalue weighted by Crippen LogP contribution is -2.46. The first kappa shape index (κ1) is 20.8. The fourth-order valence-electron chi connectivity index (χ4n) is 2.41. The zero-order valence-corrected chi connectivity index (χ0v) is 14.2. The van der Waals surface area contributed by atoms with Crippen molar-refractivity contribution in [2.45, 2.75) is 37.8 Å². The minimum absolute atomic E-state index is 0.00404. The van der Waals surface area contributed by atoms with E-state index in [4.69, 9.17) is 10.2 Å². The Morgan fingerprint density at radius 1 is 0.880 bits per heavy atom. The molecule has 0 aromatic rings. The van der Waals surface area contributed by atoms with Gasteiger partial charge >= 0.3 is 11.9 Å². The smallest absolute Gasteiger partial charge is 0.330 e. The largest absolute Gasteiger partial charge is 0.467 e. The van der Waals surface area contributed by atoms with Crippen molar-refractivity contribution in [1.29, 1.82) is 0 Å². The van der Waals surface area contributed by atoms with Crippen LogP contribution < -0.4 is 10.6 Å². The highest BCUT2D eigenvalue weighted by Gasteiger charge is 2.46. The number of carbonyl (C=O) groups excluding carboxylic acids is 4. The molecule has 0 heterocycles. The lowest BCUT2D eigenvalue weighted by molar-refractivity contribution is -0.146. The van der Waals surface area contributed by atoms with E-state index in [1.54, 1.807) is 0 Å². The molecule has 1 fully saturated rings. The summed E-state index contributed by atoms with van der Waals surface area (Å²) in [5.41, 5.74) is -0.555. The normalized spacial score (nSPS) is 17.0. The molecule has 1 aliphatic rings. The van der Waals surface area contributed by atoms with Crippen molar-refractivity contribution >= 4 is 23.8 Å². The quantitative estimate of drug-likeness (QED) is 0.322. The van der Waals surface area contributed by atoms with Gasteiger partial charge in [0.1, 0.15) is 0 Å². The molecule has 142 valence electrons. The molecule has 10 heteroatoms. The lowest BCUT2D eigenvalue weighted by atomic mass is 9.96. The van der Waals surface area contributed by atoms with Crippen molar-refractivity contribution in [3.05, 3.63) is 0 Å². The highest BCUT2D eigenvalue weighted by molar-refractivity contribution is 5.87. The number of aliphatic hydroxyl groups is 2. The first-order valence-corrected chi connectivity index (χ1v) is 7.77. The van der Waals surface area contributed by atoms with Crippen molar-refractivity contribution in [3.8, 4) is 0 Å². The number of aliphatic hydroxyl groups excluding tert-OH is 2. The maximum atomic E-state index is 12.0. The Balaban J connectivity index is 2.53. The number of rotatable bonds is 10. The van der Waals surface area contributed by atoms with Crippen molar-refractivity contribution in [1.82, 2.24) is 10.6 Å². The van der Waals surface area contributed by atoms with Crippen LogP contribution in [0.25, 0.3) is 0 Å². The summed E-state index contributed by atoms with van der Waals surface area (Å²) in [4.78, 5) is 46.8. The van der Waals surface area contributed by atoms with E-state index in [0.29, 0.717) is 12.8 Å². The van der Waals surface area contributed by atoms with Crippen molar-refractivity contribution in [2.75, 3.05) is 27.4 Å². The van der Waals surface area contributed by atoms with E-state index in [1.807, 2.05) is 0 Å². The van der Waals surface area contributed by atoms with Crippen LogP contribution in [0.2, 0.25) is 0 Å². The SMILES string of the molecule is COC(=O)[C@H](CO)NC(=O)CC1(CC(=O)N[C@H](CO)C(=O)OC)CC1. The predicted octanol–water partition coefficient (Wildman–Crippen LogP) is -2.15. The van der Waals surface area contributed by atoms with Gasteiger partial charge < -0.3 is 30.3 Å². The van der Waals surface area contributed by atoms with Crippen LogP contribution in [-0.4, -0.2) is 73.5 Å². The topological polar surface area (TPSA) is 151 Å². The van der Waals surface area contributed by atoms with E-state index < -0.39 is 54.5 Å². The van der Waals surface area contributed by atoms with Crippen molar-refractivity contribution in [2.24, 2.45) is 5.41 Å². The minimum atomic E-state index is -1.15. The summed E-state index contributed by atoms with van der Waals surface area (Å²) in [6.07, 6.45) is 1.27. The number of methoxy groups -OCH3 is 2. The fraction of sp³-hybridized carbons (Fsp3) is 0.733. The van der Waals surface area contributed by atoms with Gasteiger partial charge in [-0.25, -0.2) is 9.59 Å². The highest BCUT2D eigenvalue weighted by atomic mass is 16.5. The standard InChI is InChI=1S/C15H24N2O8/c1-24-13(22)9(7-18)16-11(20)5-15(3-4-15)6-12(21)17-10(8-19)14(23)25-2/h9-10,18-19H,3-8H2,1-2H3,(H,16,20)(H,17,21)/t9-,10+. The molecule has 25 heavy (non-hydrogen) atoms. The number of hydrogen-bond acceptors (Lipinski definition) is 8. The van der Waals surface area contributed by atoms with E-state index in [0.717, 1.165) is 14.2 Å². The van der Waals surface area contributed by atoms with Crippen LogP contribution in [0.1, 0.15) is 25.7 Å². The van der Waals surface area contributed by atoms with Crippen LogP contribution in [0.15, 0.2) is 0 Å². The average Bonchev–Trinajstić information content (AvgIpc) is 3.34. The molecular formula is C15H24N2O8. The van der Waals surface area contributed by atoms with Crippen LogP contribution in [0, 0.1) is 5.41 Å². The molecule has 0 unspecified atom stereocenters. The van der Waals surface area contributed by atoms with Gasteiger partial charge in [-0.1, -0.05) is 0 Å². The summed E-state index contributed by atoms with van der Waals surface area (Å²) in [5, 5.41) is 22.9. The highest BCUT2D eigenvalue weighted by Crippen LogP contribution is 2.51. The summed E-state index contributed by atoms with van der Waals surface area (Å²) < 4.78 is 8.92. The van der Waals surface area contributed by atoms with E-state index in [1.165, 1.54) is 0 Å².